The fourth-order valence-corrected chi connectivity index (χ4v) is 4.56. The average molecular weight is 435 g/mol. The second kappa shape index (κ2) is 9.96. The molecule has 0 aromatic heterocycles. The highest BCUT2D eigenvalue weighted by atomic mass is 16.2. The third-order valence-electron chi connectivity index (χ3n) is 6.39. The third kappa shape index (κ3) is 4.83. The van der Waals surface area contributed by atoms with E-state index in [0.717, 1.165) is 0 Å². The van der Waals surface area contributed by atoms with Crippen LogP contribution < -0.4 is 0 Å². The number of hydrogen-bond donors (Lipinski definition) is 0. The number of rotatable bonds is 3. The third-order valence-corrected chi connectivity index (χ3v) is 6.39. The fraction of sp³-hybridized carbons (Fsp3) is 0.400. The molecular weight excluding hydrogens is 404 g/mol. The van der Waals surface area contributed by atoms with Crippen LogP contribution in [0.2, 0.25) is 0 Å². The van der Waals surface area contributed by atoms with E-state index in [9.17, 15) is 14.4 Å². The van der Waals surface area contributed by atoms with Crippen molar-refractivity contribution >= 4 is 17.7 Å². The lowest BCUT2D eigenvalue weighted by molar-refractivity contribution is -0.154. The van der Waals surface area contributed by atoms with E-state index in [1.165, 1.54) is 18.1 Å². The number of carbonyl (C=O) groups excluding carboxylic acids is 3. The molecule has 32 heavy (non-hydrogen) atoms. The van der Waals surface area contributed by atoms with Crippen molar-refractivity contribution in [2.45, 2.75) is 13.0 Å². The molecule has 7 nitrogen and oxygen atoms in total. The molecule has 2 aromatic carbocycles. The molecule has 2 fully saturated rings. The molecule has 0 saturated carbocycles. The van der Waals surface area contributed by atoms with Crippen molar-refractivity contribution in [1.82, 2.24) is 19.6 Å². The van der Waals surface area contributed by atoms with Crippen molar-refractivity contribution in [3.63, 3.8) is 0 Å². The van der Waals surface area contributed by atoms with Crippen molar-refractivity contribution in [3.05, 3.63) is 71.8 Å². The van der Waals surface area contributed by atoms with E-state index in [2.05, 4.69) is 53.4 Å². The lowest BCUT2D eigenvalue weighted by Gasteiger charge is -2.40. The monoisotopic (exact) mass is 434 g/mol. The highest BCUT2D eigenvalue weighted by molar-refractivity contribution is 6.34. The number of hydrogen-bond acceptors (Lipinski definition) is 4. The van der Waals surface area contributed by atoms with Crippen LogP contribution in [0.15, 0.2) is 60.7 Å². The maximum atomic E-state index is 12.9. The van der Waals surface area contributed by atoms with Gasteiger partial charge in [0.15, 0.2) is 0 Å². The first kappa shape index (κ1) is 22.0. The first-order valence-corrected chi connectivity index (χ1v) is 11.2. The topological polar surface area (TPSA) is 64.2 Å². The van der Waals surface area contributed by atoms with E-state index in [0.29, 0.717) is 52.4 Å². The Morgan fingerprint density at radius 1 is 0.594 bits per heavy atom. The van der Waals surface area contributed by atoms with Gasteiger partial charge in [0.05, 0.1) is 6.04 Å². The van der Waals surface area contributed by atoms with Gasteiger partial charge in [0.25, 0.3) is 0 Å². The summed E-state index contributed by atoms with van der Waals surface area (Å²) in [6.45, 7) is 5.76. The Balaban J connectivity index is 1.39. The van der Waals surface area contributed by atoms with Crippen LogP contribution in [-0.2, 0) is 14.4 Å². The minimum absolute atomic E-state index is 0.00549. The van der Waals surface area contributed by atoms with Gasteiger partial charge in [0.2, 0.25) is 5.91 Å². The molecule has 0 N–H and O–H groups in total. The zero-order valence-electron chi connectivity index (χ0n) is 18.5. The van der Waals surface area contributed by atoms with E-state index in [1.807, 2.05) is 12.1 Å². The molecule has 0 spiro atoms. The number of piperazine rings is 2. The average Bonchev–Trinajstić information content (AvgIpc) is 2.85. The number of nitrogens with zero attached hydrogens (tertiary/aromatic N) is 4. The summed E-state index contributed by atoms with van der Waals surface area (Å²) >= 11 is 0. The molecule has 0 bridgehead atoms. The molecule has 3 amide bonds. The van der Waals surface area contributed by atoms with Crippen LogP contribution in [0, 0.1) is 0 Å². The summed E-state index contributed by atoms with van der Waals surface area (Å²) in [5, 5.41) is 0. The quantitative estimate of drug-likeness (QED) is 0.689. The Morgan fingerprint density at radius 2 is 0.969 bits per heavy atom. The Labute approximate surface area is 189 Å². The highest BCUT2D eigenvalue weighted by Crippen LogP contribution is 2.29. The molecule has 2 aliphatic heterocycles. The zero-order chi connectivity index (χ0) is 22.5. The van der Waals surface area contributed by atoms with Gasteiger partial charge in [0.1, 0.15) is 0 Å². The summed E-state index contributed by atoms with van der Waals surface area (Å²) in [6.07, 6.45) is 0. The number of benzene rings is 2. The molecule has 0 atom stereocenters. The summed E-state index contributed by atoms with van der Waals surface area (Å²) in [5.41, 5.74) is 2.44. The number of carbonyl (C=O) groups is 3. The van der Waals surface area contributed by atoms with Crippen LogP contribution in [0.3, 0.4) is 0 Å². The van der Waals surface area contributed by atoms with Gasteiger partial charge in [0, 0.05) is 59.3 Å². The highest BCUT2D eigenvalue weighted by Gasteiger charge is 2.33. The van der Waals surface area contributed by atoms with Crippen LogP contribution in [0.25, 0.3) is 0 Å². The molecule has 4 rings (SSSR count). The van der Waals surface area contributed by atoms with E-state index in [4.69, 9.17) is 0 Å². The standard InChI is InChI=1S/C25H30N4O3/c1-20(30)26-12-16-28(17-13-26)24(31)25(32)29-18-14-27(15-19-29)23(21-8-4-2-5-9-21)22-10-6-3-7-11-22/h2-11,23H,12-19H2,1H3. The molecule has 0 unspecified atom stereocenters. The van der Waals surface area contributed by atoms with Gasteiger partial charge < -0.3 is 14.7 Å². The first-order valence-electron chi connectivity index (χ1n) is 11.2. The summed E-state index contributed by atoms with van der Waals surface area (Å²) in [5.74, 6) is -0.882. The van der Waals surface area contributed by atoms with E-state index < -0.39 is 11.8 Å². The molecule has 2 saturated heterocycles. The second-order valence-corrected chi connectivity index (χ2v) is 8.35. The molecule has 2 aliphatic rings. The predicted molar refractivity (Wildman–Crippen MR) is 122 cm³/mol. The summed E-state index contributed by atoms with van der Waals surface area (Å²) in [7, 11) is 0. The Bertz CT molecular complexity index is 895. The molecule has 168 valence electrons. The SMILES string of the molecule is CC(=O)N1CCN(C(=O)C(=O)N2CCN(C(c3ccccc3)c3ccccc3)CC2)CC1. The summed E-state index contributed by atoms with van der Waals surface area (Å²) < 4.78 is 0. The minimum Gasteiger partial charge on any atom is -0.339 e. The summed E-state index contributed by atoms with van der Waals surface area (Å²) in [4.78, 5) is 44.4. The van der Waals surface area contributed by atoms with E-state index in [-0.39, 0.29) is 11.9 Å². The normalized spacial score (nSPS) is 17.5. The van der Waals surface area contributed by atoms with Gasteiger partial charge in [-0.25, -0.2) is 0 Å². The van der Waals surface area contributed by atoms with Crippen LogP contribution in [0.5, 0.6) is 0 Å². The molecular formula is C25H30N4O3. The van der Waals surface area contributed by atoms with Gasteiger partial charge in [-0.1, -0.05) is 60.7 Å². The van der Waals surface area contributed by atoms with E-state index in [1.54, 1.807) is 14.7 Å². The maximum Gasteiger partial charge on any atom is 0.312 e. The molecule has 0 aliphatic carbocycles. The molecule has 7 heteroatoms. The van der Waals surface area contributed by atoms with Gasteiger partial charge in [-0.15, -0.1) is 0 Å². The van der Waals surface area contributed by atoms with Crippen LogP contribution >= 0.6 is 0 Å². The Hall–Kier alpha value is -3.19. The van der Waals surface area contributed by atoms with Crippen molar-refractivity contribution in [3.8, 4) is 0 Å². The maximum absolute atomic E-state index is 12.9. The van der Waals surface area contributed by atoms with Crippen LogP contribution in [-0.4, -0.2) is 89.7 Å². The van der Waals surface area contributed by atoms with Crippen molar-refractivity contribution in [2.75, 3.05) is 52.4 Å². The minimum atomic E-state index is -0.454. The Kier molecular flexibility index (Phi) is 6.85. The predicted octanol–water partition coefficient (Wildman–Crippen LogP) is 1.61. The van der Waals surface area contributed by atoms with Crippen molar-refractivity contribution in [2.24, 2.45) is 0 Å². The number of amides is 3. The fourth-order valence-electron chi connectivity index (χ4n) is 4.56. The van der Waals surface area contributed by atoms with Gasteiger partial charge >= 0.3 is 11.8 Å². The molecule has 2 aromatic rings. The van der Waals surface area contributed by atoms with E-state index >= 15 is 0 Å². The van der Waals surface area contributed by atoms with Crippen molar-refractivity contribution in [1.29, 1.82) is 0 Å². The first-order chi connectivity index (χ1) is 15.5. The lowest BCUT2D eigenvalue weighted by Crippen LogP contribution is -2.57. The van der Waals surface area contributed by atoms with Gasteiger partial charge in [-0.05, 0) is 11.1 Å². The smallest absolute Gasteiger partial charge is 0.312 e. The zero-order valence-corrected chi connectivity index (χ0v) is 18.5. The largest absolute Gasteiger partial charge is 0.339 e. The van der Waals surface area contributed by atoms with Crippen LogP contribution in [0.1, 0.15) is 24.1 Å². The van der Waals surface area contributed by atoms with Crippen molar-refractivity contribution < 1.29 is 14.4 Å². The molecule has 0 radical (unpaired) electrons. The van der Waals surface area contributed by atoms with Gasteiger partial charge in [-0.3, -0.25) is 19.3 Å². The summed E-state index contributed by atoms with van der Waals surface area (Å²) in [6, 6.07) is 20.9. The second-order valence-electron chi connectivity index (χ2n) is 8.35. The van der Waals surface area contributed by atoms with Gasteiger partial charge in [-0.2, -0.15) is 0 Å². The lowest BCUT2D eigenvalue weighted by atomic mass is 9.96. The Morgan fingerprint density at radius 3 is 1.38 bits per heavy atom. The van der Waals surface area contributed by atoms with Crippen LogP contribution in [0.4, 0.5) is 0 Å². The molecule has 2 heterocycles.